The molecule has 0 bridgehead atoms. The highest BCUT2D eigenvalue weighted by Gasteiger charge is 2.01. The van der Waals surface area contributed by atoms with Crippen LogP contribution in [0, 0.1) is 0 Å². The maximum Gasteiger partial charge on any atom is 0.0495 e. The molecule has 1 N–H and O–H groups in total. The maximum atomic E-state index is 6.06. The van der Waals surface area contributed by atoms with Crippen molar-refractivity contribution in [2.75, 3.05) is 6.54 Å². The minimum atomic E-state index is 0.787. The Bertz CT molecular complexity index is 689. The molecule has 0 fully saturated rings. The molecule has 0 aliphatic rings. The number of fused-ring (bicyclic) bond motifs is 1. The van der Waals surface area contributed by atoms with Crippen LogP contribution in [-0.2, 0) is 13.1 Å². The number of rotatable bonds is 5. The third-order valence-electron chi connectivity index (χ3n) is 3.44. The minimum absolute atomic E-state index is 0.787. The van der Waals surface area contributed by atoms with E-state index in [1.807, 2.05) is 18.2 Å². The summed E-state index contributed by atoms with van der Waals surface area (Å²) in [5, 5.41) is 5.49. The van der Waals surface area contributed by atoms with Crippen molar-refractivity contribution < 1.29 is 0 Å². The second kappa shape index (κ2) is 6.12. The predicted octanol–water partition coefficient (Wildman–Crippen LogP) is 4.08. The van der Waals surface area contributed by atoms with Gasteiger partial charge in [0.15, 0.2) is 0 Å². The van der Waals surface area contributed by atoms with Gasteiger partial charge in [-0.3, -0.25) is 0 Å². The first-order valence-corrected chi connectivity index (χ1v) is 7.20. The standard InChI is InChI=1S/C17H17ClN2/c18-16-7-6-15-8-10-20(17(15)12-16)11-9-19-13-14-4-2-1-3-5-14/h1-8,10,12,19H,9,11,13H2. The van der Waals surface area contributed by atoms with Crippen molar-refractivity contribution in [1.29, 1.82) is 0 Å². The first kappa shape index (κ1) is 13.2. The molecular weight excluding hydrogens is 268 g/mol. The second-order valence-electron chi connectivity index (χ2n) is 4.87. The monoisotopic (exact) mass is 284 g/mol. The van der Waals surface area contributed by atoms with Gasteiger partial charge in [0.2, 0.25) is 0 Å². The minimum Gasteiger partial charge on any atom is -0.346 e. The van der Waals surface area contributed by atoms with E-state index in [1.54, 1.807) is 0 Å². The van der Waals surface area contributed by atoms with Gasteiger partial charge in [0, 0.05) is 36.4 Å². The zero-order valence-corrected chi connectivity index (χ0v) is 12.0. The van der Waals surface area contributed by atoms with Crippen LogP contribution in [0.2, 0.25) is 5.02 Å². The number of nitrogens with zero attached hydrogens (tertiary/aromatic N) is 1. The Balaban J connectivity index is 1.59. The fourth-order valence-electron chi connectivity index (χ4n) is 2.38. The molecule has 3 rings (SSSR count). The number of hydrogen-bond donors (Lipinski definition) is 1. The molecule has 0 aliphatic carbocycles. The Morgan fingerprint density at radius 2 is 1.85 bits per heavy atom. The first-order chi connectivity index (χ1) is 9.83. The van der Waals surface area contributed by atoms with Crippen LogP contribution in [0.4, 0.5) is 0 Å². The number of aromatic nitrogens is 1. The third kappa shape index (κ3) is 3.03. The van der Waals surface area contributed by atoms with Crippen LogP contribution in [0.3, 0.4) is 0 Å². The Kier molecular flexibility index (Phi) is 4.05. The van der Waals surface area contributed by atoms with Gasteiger partial charge in [-0.15, -0.1) is 0 Å². The lowest BCUT2D eigenvalue weighted by Gasteiger charge is -2.08. The largest absolute Gasteiger partial charge is 0.346 e. The van der Waals surface area contributed by atoms with E-state index in [0.29, 0.717) is 0 Å². The summed E-state index contributed by atoms with van der Waals surface area (Å²) >= 11 is 6.06. The predicted molar refractivity (Wildman–Crippen MR) is 85.1 cm³/mol. The molecule has 2 nitrogen and oxygen atoms in total. The maximum absolute atomic E-state index is 6.06. The highest BCUT2D eigenvalue weighted by Crippen LogP contribution is 2.20. The third-order valence-corrected chi connectivity index (χ3v) is 3.67. The number of halogens is 1. The summed E-state index contributed by atoms with van der Waals surface area (Å²) in [6.07, 6.45) is 2.12. The van der Waals surface area contributed by atoms with Crippen molar-refractivity contribution in [3.63, 3.8) is 0 Å². The van der Waals surface area contributed by atoms with E-state index in [2.05, 4.69) is 52.5 Å². The Labute approximate surface area is 124 Å². The molecule has 0 saturated carbocycles. The molecule has 0 aliphatic heterocycles. The van der Waals surface area contributed by atoms with Crippen molar-refractivity contribution in [2.24, 2.45) is 0 Å². The Morgan fingerprint density at radius 3 is 2.70 bits per heavy atom. The summed E-state index contributed by atoms with van der Waals surface area (Å²) in [6, 6.07) is 18.6. The van der Waals surface area contributed by atoms with Gasteiger partial charge in [-0.2, -0.15) is 0 Å². The van der Waals surface area contributed by atoms with Crippen molar-refractivity contribution >= 4 is 22.5 Å². The number of nitrogens with one attached hydrogen (secondary N) is 1. The summed E-state index contributed by atoms with van der Waals surface area (Å²) in [5.41, 5.74) is 2.51. The molecule has 102 valence electrons. The van der Waals surface area contributed by atoms with E-state index in [9.17, 15) is 0 Å². The lowest BCUT2D eigenvalue weighted by atomic mass is 10.2. The second-order valence-corrected chi connectivity index (χ2v) is 5.31. The molecule has 0 spiro atoms. The average molecular weight is 285 g/mol. The van der Waals surface area contributed by atoms with Crippen LogP contribution < -0.4 is 5.32 Å². The number of benzene rings is 2. The smallest absolute Gasteiger partial charge is 0.0495 e. The van der Waals surface area contributed by atoms with Gasteiger partial charge in [0.1, 0.15) is 0 Å². The van der Waals surface area contributed by atoms with Crippen LogP contribution in [0.5, 0.6) is 0 Å². The molecule has 0 saturated heterocycles. The molecule has 0 atom stereocenters. The molecule has 3 aromatic rings. The normalized spacial score (nSPS) is 11.1. The molecule has 1 aromatic heterocycles. The molecule has 2 aromatic carbocycles. The zero-order valence-electron chi connectivity index (χ0n) is 11.2. The van der Waals surface area contributed by atoms with E-state index in [1.165, 1.54) is 16.5 Å². The van der Waals surface area contributed by atoms with Gasteiger partial charge in [-0.25, -0.2) is 0 Å². The summed E-state index contributed by atoms with van der Waals surface area (Å²) in [7, 11) is 0. The lowest BCUT2D eigenvalue weighted by Crippen LogP contribution is -2.19. The summed E-state index contributed by atoms with van der Waals surface area (Å²) < 4.78 is 2.24. The van der Waals surface area contributed by atoms with Crippen LogP contribution in [0.15, 0.2) is 60.8 Å². The van der Waals surface area contributed by atoms with Crippen LogP contribution in [-0.4, -0.2) is 11.1 Å². The molecule has 0 unspecified atom stereocenters. The average Bonchev–Trinajstić information content (AvgIpc) is 2.87. The van der Waals surface area contributed by atoms with Crippen LogP contribution >= 0.6 is 11.6 Å². The summed E-state index contributed by atoms with van der Waals surface area (Å²) in [6.45, 7) is 2.78. The van der Waals surface area contributed by atoms with Gasteiger partial charge in [0.05, 0.1) is 0 Å². The summed E-state index contributed by atoms with van der Waals surface area (Å²) in [4.78, 5) is 0. The highest BCUT2D eigenvalue weighted by atomic mass is 35.5. The van der Waals surface area contributed by atoms with Gasteiger partial charge >= 0.3 is 0 Å². The molecular formula is C17H17ClN2. The number of hydrogen-bond acceptors (Lipinski definition) is 1. The first-order valence-electron chi connectivity index (χ1n) is 6.82. The van der Waals surface area contributed by atoms with E-state index < -0.39 is 0 Å². The Hall–Kier alpha value is -1.77. The lowest BCUT2D eigenvalue weighted by molar-refractivity contribution is 0.609. The van der Waals surface area contributed by atoms with Crippen LogP contribution in [0.25, 0.3) is 10.9 Å². The van der Waals surface area contributed by atoms with Gasteiger partial charge in [0.25, 0.3) is 0 Å². The van der Waals surface area contributed by atoms with Crippen molar-refractivity contribution in [3.8, 4) is 0 Å². The summed E-state index contributed by atoms with van der Waals surface area (Å²) in [5.74, 6) is 0. The van der Waals surface area contributed by atoms with Gasteiger partial charge in [-0.1, -0.05) is 48.0 Å². The van der Waals surface area contributed by atoms with Gasteiger partial charge < -0.3 is 9.88 Å². The highest BCUT2D eigenvalue weighted by molar-refractivity contribution is 6.31. The Morgan fingerprint density at radius 1 is 1.00 bits per heavy atom. The SMILES string of the molecule is Clc1ccc2ccn(CCNCc3ccccc3)c2c1. The van der Waals surface area contributed by atoms with E-state index >= 15 is 0 Å². The molecule has 1 heterocycles. The topological polar surface area (TPSA) is 17.0 Å². The van der Waals surface area contributed by atoms with Crippen molar-refractivity contribution in [3.05, 3.63) is 71.4 Å². The van der Waals surface area contributed by atoms with E-state index in [-0.39, 0.29) is 0 Å². The quantitative estimate of drug-likeness (QED) is 0.699. The molecule has 0 radical (unpaired) electrons. The van der Waals surface area contributed by atoms with Crippen molar-refractivity contribution in [1.82, 2.24) is 9.88 Å². The van der Waals surface area contributed by atoms with Crippen LogP contribution in [0.1, 0.15) is 5.56 Å². The fourth-order valence-corrected chi connectivity index (χ4v) is 2.55. The molecule has 3 heteroatoms. The van der Waals surface area contributed by atoms with E-state index in [4.69, 9.17) is 11.6 Å². The van der Waals surface area contributed by atoms with Gasteiger partial charge in [-0.05, 0) is 29.1 Å². The molecule has 0 amide bonds. The fraction of sp³-hybridized carbons (Fsp3) is 0.176. The van der Waals surface area contributed by atoms with E-state index in [0.717, 1.165) is 24.7 Å². The van der Waals surface area contributed by atoms with Crippen molar-refractivity contribution in [2.45, 2.75) is 13.1 Å². The molecule has 20 heavy (non-hydrogen) atoms. The zero-order chi connectivity index (χ0) is 13.8.